The maximum Gasteiger partial charge on any atom is 0.130 e. The summed E-state index contributed by atoms with van der Waals surface area (Å²) in [6.45, 7) is 2.44. The fourth-order valence-corrected chi connectivity index (χ4v) is 2.44. The average molecular weight is 400 g/mol. The first-order chi connectivity index (χ1) is 9.54. The molecule has 1 aromatic heterocycles. The van der Waals surface area contributed by atoms with Gasteiger partial charge in [0, 0.05) is 21.2 Å². The Bertz CT molecular complexity index is 571. The van der Waals surface area contributed by atoms with Crippen molar-refractivity contribution in [3.8, 4) is 5.75 Å². The van der Waals surface area contributed by atoms with Gasteiger partial charge in [0.2, 0.25) is 0 Å². The zero-order chi connectivity index (χ0) is 14.5. The van der Waals surface area contributed by atoms with Crippen LogP contribution in [0.3, 0.4) is 0 Å². The summed E-state index contributed by atoms with van der Waals surface area (Å²) in [5.74, 6) is 0.827. The molecule has 0 spiro atoms. The van der Waals surface area contributed by atoms with Gasteiger partial charge in [-0.15, -0.1) is 0 Å². The number of benzene rings is 1. The number of hydrogen-bond donors (Lipinski definition) is 1. The topological polar surface area (TPSA) is 48.1 Å². The molecule has 20 heavy (non-hydrogen) atoms. The van der Waals surface area contributed by atoms with E-state index < -0.39 is 0 Å². The largest absolute Gasteiger partial charge is 0.487 e. The minimum absolute atomic E-state index is 0.120. The van der Waals surface area contributed by atoms with Gasteiger partial charge in [-0.3, -0.25) is 4.98 Å². The van der Waals surface area contributed by atoms with E-state index in [9.17, 15) is 0 Å². The van der Waals surface area contributed by atoms with Gasteiger partial charge in [0.15, 0.2) is 0 Å². The molecule has 0 bridgehead atoms. The van der Waals surface area contributed by atoms with Crippen LogP contribution >= 0.6 is 31.9 Å². The van der Waals surface area contributed by atoms with Gasteiger partial charge in [-0.05, 0) is 65.2 Å². The lowest BCUT2D eigenvalue weighted by atomic mass is 10.1. The van der Waals surface area contributed by atoms with E-state index >= 15 is 0 Å². The summed E-state index contributed by atoms with van der Waals surface area (Å²) >= 11 is 6.90. The van der Waals surface area contributed by atoms with E-state index in [2.05, 4.69) is 36.8 Å². The van der Waals surface area contributed by atoms with Gasteiger partial charge >= 0.3 is 0 Å². The normalized spacial score (nSPS) is 12.2. The first-order valence-electron chi connectivity index (χ1n) is 6.32. The average Bonchev–Trinajstić information content (AvgIpc) is 2.41. The SMILES string of the molecule is CC(N)Cc1cc(OCc2ccc(Br)cn2)ccc1Br. The number of aromatic nitrogens is 1. The van der Waals surface area contributed by atoms with Crippen LogP contribution in [-0.4, -0.2) is 11.0 Å². The van der Waals surface area contributed by atoms with Crippen LogP contribution in [0, 0.1) is 0 Å². The lowest BCUT2D eigenvalue weighted by Crippen LogP contribution is -2.18. The maximum atomic E-state index is 5.85. The Kier molecular flexibility index (Phi) is 5.57. The Balaban J connectivity index is 2.04. The number of ether oxygens (including phenoxy) is 1. The van der Waals surface area contributed by atoms with Crippen LogP contribution in [0.25, 0.3) is 0 Å². The minimum Gasteiger partial charge on any atom is -0.487 e. The molecule has 0 radical (unpaired) electrons. The van der Waals surface area contributed by atoms with Gasteiger partial charge < -0.3 is 10.5 Å². The second-order valence-electron chi connectivity index (χ2n) is 4.69. The fraction of sp³-hybridized carbons (Fsp3) is 0.267. The van der Waals surface area contributed by atoms with E-state index in [-0.39, 0.29) is 6.04 Å². The maximum absolute atomic E-state index is 5.85. The number of pyridine rings is 1. The highest BCUT2D eigenvalue weighted by molar-refractivity contribution is 9.10. The molecule has 0 fully saturated rings. The van der Waals surface area contributed by atoms with Crippen LogP contribution in [-0.2, 0) is 13.0 Å². The minimum atomic E-state index is 0.120. The summed E-state index contributed by atoms with van der Waals surface area (Å²) in [4.78, 5) is 4.28. The Labute approximate surface area is 135 Å². The molecule has 3 nitrogen and oxygen atoms in total. The third-order valence-corrected chi connectivity index (χ3v) is 3.98. The zero-order valence-electron chi connectivity index (χ0n) is 11.1. The van der Waals surface area contributed by atoms with E-state index in [1.54, 1.807) is 6.20 Å². The highest BCUT2D eigenvalue weighted by Crippen LogP contribution is 2.24. The van der Waals surface area contributed by atoms with Gasteiger partial charge in [0.05, 0.1) is 5.69 Å². The molecule has 0 aliphatic carbocycles. The molecule has 2 N–H and O–H groups in total. The molecule has 0 aliphatic heterocycles. The molecular weight excluding hydrogens is 384 g/mol. The third-order valence-electron chi connectivity index (χ3n) is 2.73. The van der Waals surface area contributed by atoms with E-state index in [4.69, 9.17) is 10.5 Å². The second kappa shape index (κ2) is 7.20. The van der Waals surface area contributed by atoms with Crippen molar-refractivity contribution >= 4 is 31.9 Å². The van der Waals surface area contributed by atoms with Crippen LogP contribution < -0.4 is 10.5 Å². The molecule has 5 heteroatoms. The number of nitrogens with two attached hydrogens (primary N) is 1. The Morgan fingerprint density at radius 1 is 1.25 bits per heavy atom. The van der Waals surface area contributed by atoms with E-state index in [1.807, 2.05) is 37.3 Å². The Morgan fingerprint density at radius 3 is 2.70 bits per heavy atom. The van der Waals surface area contributed by atoms with Crippen molar-refractivity contribution in [2.75, 3.05) is 0 Å². The van der Waals surface area contributed by atoms with Crippen molar-refractivity contribution in [1.29, 1.82) is 0 Å². The predicted octanol–water partition coefficient (Wildman–Crippen LogP) is 4.08. The van der Waals surface area contributed by atoms with E-state index in [0.717, 1.165) is 32.4 Å². The molecule has 1 heterocycles. The van der Waals surface area contributed by atoms with Crippen molar-refractivity contribution in [1.82, 2.24) is 4.98 Å². The molecule has 1 aromatic carbocycles. The zero-order valence-corrected chi connectivity index (χ0v) is 14.3. The van der Waals surface area contributed by atoms with Crippen molar-refractivity contribution in [2.24, 2.45) is 5.73 Å². The highest BCUT2D eigenvalue weighted by atomic mass is 79.9. The lowest BCUT2D eigenvalue weighted by molar-refractivity contribution is 0.301. The van der Waals surface area contributed by atoms with Crippen molar-refractivity contribution in [3.05, 3.63) is 56.7 Å². The number of hydrogen-bond acceptors (Lipinski definition) is 3. The van der Waals surface area contributed by atoms with E-state index in [1.165, 1.54) is 0 Å². The summed E-state index contributed by atoms with van der Waals surface area (Å²) in [5, 5.41) is 0. The van der Waals surface area contributed by atoms with Crippen molar-refractivity contribution < 1.29 is 4.74 Å². The third kappa shape index (κ3) is 4.58. The van der Waals surface area contributed by atoms with Gasteiger partial charge in [-0.2, -0.15) is 0 Å². The Hall–Kier alpha value is -0.910. The van der Waals surface area contributed by atoms with Crippen molar-refractivity contribution in [2.45, 2.75) is 26.0 Å². The van der Waals surface area contributed by atoms with Crippen LogP contribution in [0.4, 0.5) is 0 Å². The number of halogens is 2. The molecule has 1 atom stereocenters. The molecule has 2 rings (SSSR count). The fourth-order valence-electron chi connectivity index (χ4n) is 1.79. The number of rotatable bonds is 5. The van der Waals surface area contributed by atoms with Crippen LogP contribution in [0.5, 0.6) is 5.75 Å². The summed E-state index contributed by atoms with van der Waals surface area (Å²) in [6.07, 6.45) is 2.58. The molecule has 1 unspecified atom stereocenters. The summed E-state index contributed by atoms with van der Waals surface area (Å²) in [7, 11) is 0. The molecular formula is C15H16Br2N2O. The monoisotopic (exact) mass is 398 g/mol. The molecule has 0 saturated heterocycles. The van der Waals surface area contributed by atoms with E-state index in [0.29, 0.717) is 6.61 Å². The quantitative estimate of drug-likeness (QED) is 0.823. The summed E-state index contributed by atoms with van der Waals surface area (Å²) in [5.41, 5.74) is 7.89. The number of nitrogens with zero attached hydrogens (tertiary/aromatic N) is 1. The Morgan fingerprint density at radius 2 is 2.05 bits per heavy atom. The highest BCUT2D eigenvalue weighted by Gasteiger charge is 2.06. The first kappa shape index (κ1) is 15.5. The summed E-state index contributed by atoms with van der Waals surface area (Å²) < 4.78 is 7.79. The smallest absolute Gasteiger partial charge is 0.130 e. The molecule has 0 amide bonds. The lowest BCUT2D eigenvalue weighted by Gasteiger charge is -2.11. The van der Waals surface area contributed by atoms with Gasteiger partial charge in [0.25, 0.3) is 0 Å². The van der Waals surface area contributed by atoms with Gasteiger partial charge in [-0.25, -0.2) is 0 Å². The van der Waals surface area contributed by atoms with Gasteiger partial charge in [-0.1, -0.05) is 15.9 Å². The molecule has 0 saturated carbocycles. The molecule has 106 valence electrons. The predicted molar refractivity (Wildman–Crippen MR) is 87.8 cm³/mol. The first-order valence-corrected chi connectivity index (χ1v) is 7.90. The van der Waals surface area contributed by atoms with Crippen LogP contribution in [0.15, 0.2) is 45.5 Å². The van der Waals surface area contributed by atoms with Crippen LogP contribution in [0.1, 0.15) is 18.2 Å². The van der Waals surface area contributed by atoms with Gasteiger partial charge in [0.1, 0.15) is 12.4 Å². The molecule has 2 aromatic rings. The second-order valence-corrected chi connectivity index (χ2v) is 6.46. The molecule has 0 aliphatic rings. The summed E-state index contributed by atoms with van der Waals surface area (Å²) in [6, 6.07) is 9.96. The standard InChI is InChI=1S/C15H16Br2N2O/c1-10(18)6-11-7-14(4-5-15(11)17)20-9-13-3-2-12(16)8-19-13/h2-5,7-8,10H,6,9,18H2,1H3. The van der Waals surface area contributed by atoms with Crippen LogP contribution in [0.2, 0.25) is 0 Å². The van der Waals surface area contributed by atoms with Crippen molar-refractivity contribution in [3.63, 3.8) is 0 Å².